The molecule has 1 aromatic heterocycles. The number of allylic oxidation sites excluding steroid dienone is 2. The first-order valence-electron chi connectivity index (χ1n) is 11.6. The molecule has 1 saturated heterocycles. The largest absolute Gasteiger partial charge is 0.380 e. The van der Waals surface area contributed by atoms with E-state index in [-0.39, 0.29) is 24.6 Å². The van der Waals surface area contributed by atoms with E-state index in [1.54, 1.807) is 29.7 Å². The lowest BCUT2D eigenvalue weighted by molar-refractivity contribution is -0.153. The van der Waals surface area contributed by atoms with Crippen molar-refractivity contribution in [1.82, 2.24) is 10.2 Å². The zero-order valence-corrected chi connectivity index (χ0v) is 20.6. The second-order valence-corrected chi connectivity index (χ2v) is 9.52. The Kier molecular flexibility index (Phi) is 9.69. The average molecular weight is 517 g/mol. The summed E-state index contributed by atoms with van der Waals surface area (Å²) in [6.45, 7) is 7.96. The van der Waals surface area contributed by atoms with Crippen molar-refractivity contribution in [1.29, 1.82) is 0 Å². The monoisotopic (exact) mass is 516 g/mol. The fourth-order valence-corrected chi connectivity index (χ4v) is 5.14. The van der Waals surface area contributed by atoms with Gasteiger partial charge in [-0.2, -0.15) is 0 Å². The van der Waals surface area contributed by atoms with Gasteiger partial charge in [0.05, 0.1) is 6.04 Å². The Morgan fingerprint density at radius 2 is 1.94 bits per heavy atom. The predicted molar refractivity (Wildman–Crippen MR) is 135 cm³/mol. The molecule has 1 aromatic carbocycles. The molecule has 3 unspecified atom stereocenters. The highest BCUT2D eigenvalue weighted by atomic mass is 32.1. The summed E-state index contributed by atoms with van der Waals surface area (Å²) >= 11 is 1.39. The molecule has 0 aliphatic carbocycles. The molecule has 3 N–H and O–H groups in total. The van der Waals surface area contributed by atoms with Crippen LogP contribution < -0.4 is 5.32 Å². The second-order valence-electron chi connectivity index (χ2n) is 8.53. The van der Waals surface area contributed by atoms with Gasteiger partial charge in [-0.05, 0) is 54.0 Å². The number of aliphatic hydroxyl groups is 2. The number of hydrogen-bond acceptors (Lipinski definition) is 5. The van der Waals surface area contributed by atoms with Gasteiger partial charge in [-0.3, -0.25) is 9.59 Å². The summed E-state index contributed by atoms with van der Waals surface area (Å²) in [4.78, 5) is 27.5. The van der Waals surface area contributed by atoms with E-state index in [1.165, 1.54) is 34.4 Å². The summed E-state index contributed by atoms with van der Waals surface area (Å²) < 4.78 is 27.8. The Bertz CT molecular complexity index is 1130. The van der Waals surface area contributed by atoms with Gasteiger partial charge in [0.25, 0.3) is 11.8 Å². The van der Waals surface area contributed by atoms with Crippen molar-refractivity contribution >= 4 is 23.2 Å². The summed E-state index contributed by atoms with van der Waals surface area (Å²) in [6, 6.07) is 5.25. The smallest absolute Gasteiger partial charge is 0.255 e. The molecular weight excluding hydrogens is 486 g/mol. The van der Waals surface area contributed by atoms with Gasteiger partial charge in [0.15, 0.2) is 12.2 Å². The zero-order valence-electron chi connectivity index (χ0n) is 19.8. The number of nitrogens with one attached hydrogen (secondary N) is 1. The van der Waals surface area contributed by atoms with E-state index in [0.717, 1.165) is 22.4 Å². The van der Waals surface area contributed by atoms with Gasteiger partial charge in [0, 0.05) is 30.0 Å². The highest BCUT2D eigenvalue weighted by Gasteiger charge is 2.38. The van der Waals surface area contributed by atoms with Crippen LogP contribution in [0.15, 0.2) is 66.6 Å². The van der Waals surface area contributed by atoms with Gasteiger partial charge in [0.1, 0.15) is 11.6 Å². The number of carbonyl (C=O) groups is 2. The number of halogens is 2. The van der Waals surface area contributed by atoms with Crippen LogP contribution in [0, 0.1) is 11.6 Å². The molecule has 2 amide bonds. The Morgan fingerprint density at radius 3 is 2.61 bits per heavy atom. The molecule has 6 nitrogen and oxygen atoms in total. The SMILES string of the molecule is C=C/C=C(\C=C)C1CCCN1C(=O)C(O)C(O)C(=O)NCCc1cc(Cc2c(F)cccc2F)cs1. The van der Waals surface area contributed by atoms with Crippen molar-refractivity contribution in [2.75, 3.05) is 13.1 Å². The van der Waals surface area contributed by atoms with Crippen molar-refractivity contribution in [2.45, 2.75) is 43.9 Å². The standard InChI is InChI=1S/C27H30F2N2O4S/c1-3-7-18(4-2)23-10-6-13-31(23)27(35)25(33)24(32)26(34)30-12-11-19-14-17(16-36-19)15-20-21(28)8-5-9-22(20)29/h3-5,7-9,14,16,23-25,32-33H,1-2,6,10-13,15H2,(H,30,34)/b18-7+. The van der Waals surface area contributed by atoms with Crippen LogP contribution >= 0.6 is 11.3 Å². The van der Waals surface area contributed by atoms with E-state index in [0.29, 0.717) is 19.4 Å². The quantitative estimate of drug-likeness (QED) is 0.400. The molecule has 1 aliphatic heterocycles. The maximum absolute atomic E-state index is 13.9. The molecule has 1 fully saturated rings. The minimum atomic E-state index is -1.92. The highest BCUT2D eigenvalue weighted by molar-refractivity contribution is 7.10. The first-order valence-corrected chi connectivity index (χ1v) is 12.5. The van der Waals surface area contributed by atoms with Crippen LogP contribution in [0.3, 0.4) is 0 Å². The zero-order chi connectivity index (χ0) is 26.2. The second kappa shape index (κ2) is 12.7. The lowest BCUT2D eigenvalue weighted by atomic mass is 10.0. The molecule has 2 heterocycles. The van der Waals surface area contributed by atoms with E-state index < -0.39 is 35.7 Å². The summed E-state index contributed by atoms with van der Waals surface area (Å²) in [5.74, 6) is -2.78. The molecule has 0 spiro atoms. The molecule has 36 heavy (non-hydrogen) atoms. The summed E-state index contributed by atoms with van der Waals surface area (Å²) in [5.41, 5.74) is 1.52. The average Bonchev–Trinajstić information content (AvgIpc) is 3.53. The summed E-state index contributed by atoms with van der Waals surface area (Å²) in [6.07, 6.45) is 3.06. The molecule has 0 bridgehead atoms. The van der Waals surface area contributed by atoms with E-state index >= 15 is 0 Å². The third-order valence-electron chi connectivity index (χ3n) is 6.11. The first kappa shape index (κ1) is 27.4. The Labute approximate surface area is 213 Å². The number of likely N-dealkylation sites (tertiary alicyclic amines) is 1. The third-order valence-corrected chi connectivity index (χ3v) is 7.15. The van der Waals surface area contributed by atoms with Gasteiger partial charge in [-0.15, -0.1) is 11.3 Å². The van der Waals surface area contributed by atoms with E-state index in [2.05, 4.69) is 18.5 Å². The van der Waals surface area contributed by atoms with Crippen molar-refractivity contribution in [3.8, 4) is 0 Å². The normalized spacial score (nSPS) is 17.5. The predicted octanol–water partition coefficient (Wildman–Crippen LogP) is 3.29. The molecular formula is C27H30F2N2O4S. The number of rotatable bonds is 11. The fraction of sp³-hybridized carbons (Fsp3) is 0.333. The third kappa shape index (κ3) is 6.54. The topological polar surface area (TPSA) is 89.9 Å². The van der Waals surface area contributed by atoms with E-state index in [4.69, 9.17) is 0 Å². The van der Waals surface area contributed by atoms with Crippen molar-refractivity contribution in [3.05, 3.63) is 94.2 Å². The molecule has 1 aliphatic rings. The van der Waals surface area contributed by atoms with Crippen LogP contribution in [0.5, 0.6) is 0 Å². The van der Waals surface area contributed by atoms with Gasteiger partial charge in [-0.25, -0.2) is 8.78 Å². The maximum atomic E-state index is 13.9. The number of amides is 2. The van der Waals surface area contributed by atoms with E-state index in [1.807, 2.05) is 0 Å². The first-order chi connectivity index (χ1) is 17.3. The molecule has 0 saturated carbocycles. The van der Waals surface area contributed by atoms with Crippen LogP contribution in [-0.2, 0) is 22.4 Å². The maximum Gasteiger partial charge on any atom is 0.255 e. The Balaban J connectivity index is 1.51. The molecule has 3 atom stereocenters. The number of thiophene rings is 1. The molecule has 9 heteroatoms. The van der Waals surface area contributed by atoms with Gasteiger partial charge in [-0.1, -0.05) is 37.5 Å². The van der Waals surface area contributed by atoms with Gasteiger partial charge >= 0.3 is 0 Å². The van der Waals surface area contributed by atoms with Crippen LogP contribution in [0.4, 0.5) is 8.78 Å². The van der Waals surface area contributed by atoms with Gasteiger partial charge in [0.2, 0.25) is 0 Å². The summed E-state index contributed by atoms with van der Waals surface area (Å²) in [7, 11) is 0. The number of carbonyl (C=O) groups excluding carboxylic acids is 2. The minimum absolute atomic E-state index is 0.00244. The van der Waals surface area contributed by atoms with Crippen molar-refractivity contribution < 1.29 is 28.6 Å². The molecule has 2 aromatic rings. The molecule has 0 radical (unpaired) electrons. The van der Waals surface area contributed by atoms with Crippen LogP contribution in [-0.4, -0.2) is 58.3 Å². The number of benzene rings is 1. The van der Waals surface area contributed by atoms with Crippen molar-refractivity contribution in [2.24, 2.45) is 0 Å². The summed E-state index contributed by atoms with van der Waals surface area (Å²) in [5, 5.41) is 25.0. The Hall–Kier alpha value is -3.14. The lowest BCUT2D eigenvalue weighted by Crippen LogP contribution is -2.52. The van der Waals surface area contributed by atoms with Crippen LogP contribution in [0.1, 0.15) is 28.8 Å². The number of hydrogen-bond donors (Lipinski definition) is 3. The molecule has 192 valence electrons. The van der Waals surface area contributed by atoms with E-state index in [9.17, 15) is 28.6 Å². The minimum Gasteiger partial charge on any atom is -0.380 e. The molecule has 3 rings (SSSR count). The van der Waals surface area contributed by atoms with Crippen LogP contribution in [0.25, 0.3) is 0 Å². The fourth-order valence-electron chi connectivity index (χ4n) is 4.25. The Morgan fingerprint density at radius 1 is 1.22 bits per heavy atom. The van der Waals surface area contributed by atoms with Crippen LogP contribution in [0.2, 0.25) is 0 Å². The lowest BCUT2D eigenvalue weighted by Gasteiger charge is -2.29. The van der Waals surface area contributed by atoms with Crippen molar-refractivity contribution in [3.63, 3.8) is 0 Å². The highest BCUT2D eigenvalue weighted by Crippen LogP contribution is 2.26. The van der Waals surface area contributed by atoms with Gasteiger partial charge < -0.3 is 20.4 Å². The number of aliphatic hydroxyl groups excluding tert-OH is 2. The number of nitrogens with zero attached hydrogens (tertiary/aromatic N) is 1.